The van der Waals surface area contributed by atoms with Crippen molar-refractivity contribution in [1.29, 1.82) is 0 Å². The van der Waals surface area contributed by atoms with E-state index in [0.717, 1.165) is 5.56 Å². The minimum Gasteiger partial charge on any atom is -0.395 e. The predicted molar refractivity (Wildman–Crippen MR) is 59.6 cm³/mol. The molecular formula is C12H16F3NO. The van der Waals surface area contributed by atoms with Crippen molar-refractivity contribution in [3.05, 3.63) is 35.9 Å². The Morgan fingerprint density at radius 3 is 2.29 bits per heavy atom. The monoisotopic (exact) mass is 247 g/mol. The molecule has 1 rings (SSSR count). The van der Waals surface area contributed by atoms with Gasteiger partial charge in [-0.2, -0.15) is 13.2 Å². The fourth-order valence-corrected chi connectivity index (χ4v) is 1.71. The summed E-state index contributed by atoms with van der Waals surface area (Å²) in [7, 11) is 0. The molecule has 2 nitrogen and oxygen atoms in total. The first-order chi connectivity index (χ1) is 7.94. The van der Waals surface area contributed by atoms with E-state index < -0.39 is 12.7 Å². The van der Waals surface area contributed by atoms with Gasteiger partial charge in [0.2, 0.25) is 0 Å². The van der Waals surface area contributed by atoms with Crippen LogP contribution >= 0.6 is 0 Å². The average molecular weight is 247 g/mol. The summed E-state index contributed by atoms with van der Waals surface area (Å²) in [5.74, 6) is 0. The number of benzene rings is 1. The minimum absolute atomic E-state index is 0.00949. The van der Waals surface area contributed by atoms with E-state index in [1.807, 2.05) is 6.07 Å². The normalized spacial score (nSPS) is 14.0. The molecule has 0 saturated heterocycles. The number of aliphatic hydroxyl groups excluding tert-OH is 1. The van der Waals surface area contributed by atoms with Crippen LogP contribution < -0.4 is 0 Å². The molecule has 0 aliphatic carbocycles. The van der Waals surface area contributed by atoms with Crippen LogP contribution in [0.25, 0.3) is 0 Å². The first-order valence-corrected chi connectivity index (χ1v) is 5.40. The predicted octanol–water partition coefficient (Wildman–Crippen LogP) is 2.60. The van der Waals surface area contributed by atoms with E-state index in [9.17, 15) is 13.2 Å². The number of aliphatic hydroxyl groups is 1. The summed E-state index contributed by atoms with van der Waals surface area (Å²) in [6.45, 7) is 0.420. The van der Waals surface area contributed by atoms with E-state index in [0.29, 0.717) is 0 Å². The first kappa shape index (κ1) is 14.0. The Morgan fingerprint density at radius 2 is 1.82 bits per heavy atom. The van der Waals surface area contributed by atoms with Gasteiger partial charge in [-0.3, -0.25) is 4.90 Å². The van der Waals surface area contributed by atoms with Crippen LogP contribution in [-0.2, 0) is 0 Å². The molecule has 0 spiro atoms. The molecule has 1 aromatic carbocycles. The smallest absolute Gasteiger partial charge is 0.395 e. The topological polar surface area (TPSA) is 23.5 Å². The average Bonchev–Trinajstić information content (AvgIpc) is 2.27. The molecule has 96 valence electrons. The molecule has 0 radical (unpaired) electrons. The third kappa shape index (κ3) is 4.75. The van der Waals surface area contributed by atoms with Gasteiger partial charge in [0.25, 0.3) is 0 Å². The molecule has 5 heteroatoms. The zero-order valence-electron chi connectivity index (χ0n) is 9.61. The van der Waals surface area contributed by atoms with Gasteiger partial charge in [-0.05, 0) is 12.5 Å². The Bertz CT molecular complexity index is 326. The molecule has 1 atom stereocenters. The quantitative estimate of drug-likeness (QED) is 0.864. The maximum absolute atomic E-state index is 12.4. The van der Waals surface area contributed by atoms with Crippen molar-refractivity contribution in [2.24, 2.45) is 0 Å². The minimum atomic E-state index is -4.25. The third-order valence-corrected chi connectivity index (χ3v) is 2.60. The SMILES string of the molecule is CC(c1ccccc1)N(CCO)CC(F)(F)F. The second kappa shape index (κ2) is 6.02. The van der Waals surface area contributed by atoms with Crippen molar-refractivity contribution in [2.45, 2.75) is 19.1 Å². The van der Waals surface area contributed by atoms with Crippen molar-refractivity contribution >= 4 is 0 Å². The van der Waals surface area contributed by atoms with Crippen LogP contribution in [0.5, 0.6) is 0 Å². The van der Waals surface area contributed by atoms with Gasteiger partial charge >= 0.3 is 6.18 Å². The molecule has 0 heterocycles. The van der Waals surface area contributed by atoms with Crippen molar-refractivity contribution in [3.8, 4) is 0 Å². The molecule has 0 bridgehead atoms. The lowest BCUT2D eigenvalue weighted by Gasteiger charge is -2.29. The van der Waals surface area contributed by atoms with Crippen LogP contribution in [0.2, 0.25) is 0 Å². The van der Waals surface area contributed by atoms with Gasteiger partial charge < -0.3 is 5.11 Å². The van der Waals surface area contributed by atoms with Crippen LogP contribution in [0.4, 0.5) is 13.2 Å². The number of halogens is 3. The molecule has 0 aliphatic heterocycles. The maximum atomic E-state index is 12.4. The van der Waals surface area contributed by atoms with E-state index in [1.165, 1.54) is 4.90 Å². The number of hydrogen-bond donors (Lipinski definition) is 1. The zero-order chi connectivity index (χ0) is 12.9. The van der Waals surface area contributed by atoms with E-state index in [1.54, 1.807) is 31.2 Å². The van der Waals surface area contributed by atoms with E-state index in [2.05, 4.69) is 0 Å². The number of hydrogen-bond acceptors (Lipinski definition) is 2. The Hall–Kier alpha value is -1.07. The molecule has 1 aromatic rings. The van der Waals surface area contributed by atoms with E-state index in [-0.39, 0.29) is 19.2 Å². The van der Waals surface area contributed by atoms with Crippen molar-refractivity contribution in [1.82, 2.24) is 4.90 Å². The van der Waals surface area contributed by atoms with Gasteiger partial charge in [0.1, 0.15) is 0 Å². The van der Waals surface area contributed by atoms with E-state index >= 15 is 0 Å². The van der Waals surface area contributed by atoms with E-state index in [4.69, 9.17) is 5.11 Å². The number of alkyl halides is 3. The molecule has 0 aliphatic rings. The van der Waals surface area contributed by atoms with Gasteiger partial charge in [-0.25, -0.2) is 0 Å². The van der Waals surface area contributed by atoms with Crippen LogP contribution in [0.3, 0.4) is 0 Å². The van der Waals surface area contributed by atoms with Crippen LogP contribution in [0, 0.1) is 0 Å². The van der Waals surface area contributed by atoms with Gasteiger partial charge in [-0.15, -0.1) is 0 Å². The summed E-state index contributed by atoms with van der Waals surface area (Å²) in [6, 6.07) is 8.59. The molecular weight excluding hydrogens is 231 g/mol. The van der Waals surface area contributed by atoms with Crippen molar-refractivity contribution in [2.75, 3.05) is 19.7 Å². The van der Waals surface area contributed by atoms with Crippen molar-refractivity contribution in [3.63, 3.8) is 0 Å². The van der Waals surface area contributed by atoms with Gasteiger partial charge in [0.15, 0.2) is 0 Å². The van der Waals surface area contributed by atoms with Crippen LogP contribution in [0.1, 0.15) is 18.5 Å². The highest BCUT2D eigenvalue weighted by Gasteiger charge is 2.32. The second-order valence-electron chi connectivity index (χ2n) is 3.90. The van der Waals surface area contributed by atoms with Crippen LogP contribution in [-0.4, -0.2) is 35.9 Å². The molecule has 17 heavy (non-hydrogen) atoms. The molecule has 1 unspecified atom stereocenters. The second-order valence-corrected chi connectivity index (χ2v) is 3.90. The third-order valence-electron chi connectivity index (χ3n) is 2.60. The summed E-state index contributed by atoms with van der Waals surface area (Å²) in [5.41, 5.74) is 0.810. The Morgan fingerprint density at radius 1 is 1.24 bits per heavy atom. The summed E-state index contributed by atoms with van der Waals surface area (Å²) in [4.78, 5) is 1.22. The van der Waals surface area contributed by atoms with Gasteiger partial charge in [-0.1, -0.05) is 30.3 Å². The molecule has 0 fully saturated rings. The fraction of sp³-hybridized carbons (Fsp3) is 0.500. The highest BCUT2D eigenvalue weighted by atomic mass is 19.4. The summed E-state index contributed by atoms with van der Waals surface area (Å²) < 4.78 is 37.1. The zero-order valence-corrected chi connectivity index (χ0v) is 9.61. The van der Waals surface area contributed by atoms with Gasteiger partial charge in [0.05, 0.1) is 13.2 Å². The molecule has 1 N–H and O–H groups in total. The molecule has 0 aromatic heterocycles. The van der Waals surface area contributed by atoms with Crippen molar-refractivity contribution < 1.29 is 18.3 Å². The summed E-state index contributed by atoms with van der Waals surface area (Å²) >= 11 is 0. The fourth-order valence-electron chi connectivity index (χ4n) is 1.71. The van der Waals surface area contributed by atoms with Crippen LogP contribution in [0.15, 0.2) is 30.3 Å². The lowest BCUT2D eigenvalue weighted by atomic mass is 10.1. The summed E-state index contributed by atoms with van der Waals surface area (Å²) in [6.07, 6.45) is -4.25. The molecule has 0 saturated carbocycles. The molecule has 0 amide bonds. The standard InChI is InChI=1S/C12H16F3NO/c1-10(11-5-3-2-4-6-11)16(7-8-17)9-12(13,14)15/h2-6,10,17H,7-9H2,1H3. The maximum Gasteiger partial charge on any atom is 0.401 e. The number of rotatable bonds is 5. The Labute approximate surface area is 98.7 Å². The lowest BCUT2D eigenvalue weighted by Crippen LogP contribution is -2.38. The summed E-state index contributed by atoms with van der Waals surface area (Å²) in [5, 5.41) is 8.82. The highest BCUT2D eigenvalue weighted by Crippen LogP contribution is 2.24. The number of nitrogens with zero attached hydrogens (tertiary/aromatic N) is 1. The Kier molecular flexibility index (Phi) is 4.96. The largest absolute Gasteiger partial charge is 0.401 e. The first-order valence-electron chi connectivity index (χ1n) is 5.40. The van der Waals surface area contributed by atoms with Gasteiger partial charge in [0, 0.05) is 12.6 Å². The lowest BCUT2D eigenvalue weighted by molar-refractivity contribution is -0.151. The Balaban J connectivity index is 2.77. The highest BCUT2D eigenvalue weighted by molar-refractivity contribution is 5.18.